The van der Waals surface area contributed by atoms with E-state index in [9.17, 15) is 9.90 Å². The number of aliphatic hydroxyl groups is 1. The Morgan fingerprint density at radius 3 is 2.83 bits per heavy atom. The van der Waals surface area contributed by atoms with E-state index in [1.807, 2.05) is 26.0 Å². The van der Waals surface area contributed by atoms with Crippen LogP contribution < -0.4 is 14.8 Å². The lowest BCUT2D eigenvalue weighted by molar-refractivity contribution is -0.166. The monoisotopic (exact) mass is 495 g/mol. The van der Waals surface area contributed by atoms with Crippen LogP contribution in [0, 0.1) is 23.7 Å². The van der Waals surface area contributed by atoms with Gasteiger partial charge in [-0.15, -0.1) is 0 Å². The number of fused-ring (bicyclic) bond motifs is 5. The number of halogens is 1. The van der Waals surface area contributed by atoms with Gasteiger partial charge in [0.1, 0.15) is 12.2 Å². The highest BCUT2D eigenvalue weighted by molar-refractivity contribution is 6.33. The largest absolute Gasteiger partial charge is 0.493 e. The van der Waals surface area contributed by atoms with Gasteiger partial charge in [-0.2, -0.15) is 0 Å². The zero-order valence-electron chi connectivity index (χ0n) is 19.7. The van der Waals surface area contributed by atoms with Gasteiger partial charge in [-0.05, 0) is 38.3 Å². The van der Waals surface area contributed by atoms with Gasteiger partial charge >= 0.3 is 0 Å². The van der Waals surface area contributed by atoms with Gasteiger partial charge in [0, 0.05) is 24.1 Å². The van der Waals surface area contributed by atoms with E-state index in [4.69, 9.17) is 30.5 Å². The minimum atomic E-state index is -1.18. The summed E-state index contributed by atoms with van der Waals surface area (Å²) in [6, 6.07) is 3.57. The number of amides is 1. The Morgan fingerprint density at radius 1 is 1.20 bits per heavy atom. The van der Waals surface area contributed by atoms with E-state index >= 15 is 0 Å². The molecule has 5 rings (SSSR count). The van der Waals surface area contributed by atoms with Crippen molar-refractivity contribution in [2.75, 3.05) is 13.7 Å². The highest BCUT2D eigenvalue weighted by Crippen LogP contribution is 2.51. The molecule has 4 bridgehead atoms. The summed E-state index contributed by atoms with van der Waals surface area (Å²) in [7, 11) is 1.52. The second kappa shape index (κ2) is 8.93. The molecule has 0 aromatic heterocycles. The third-order valence-corrected chi connectivity index (χ3v) is 6.91. The minimum Gasteiger partial charge on any atom is -0.493 e. The first-order chi connectivity index (χ1) is 16.7. The third-order valence-electron chi connectivity index (χ3n) is 6.49. The van der Waals surface area contributed by atoms with Crippen LogP contribution in [0.1, 0.15) is 32.3 Å². The molecule has 1 fully saturated rings. The highest BCUT2D eigenvalue weighted by Gasteiger charge is 2.63. The molecule has 2 aliphatic heterocycles. The summed E-state index contributed by atoms with van der Waals surface area (Å²) >= 11 is 6.79. The number of hydrogen-bond acceptors (Lipinski definition) is 6. The summed E-state index contributed by atoms with van der Waals surface area (Å²) in [5, 5.41) is 14.0. The van der Waals surface area contributed by atoms with Gasteiger partial charge < -0.3 is 29.4 Å². The van der Waals surface area contributed by atoms with Crippen LogP contribution in [-0.4, -0.2) is 54.4 Å². The van der Waals surface area contributed by atoms with E-state index in [0.29, 0.717) is 34.8 Å². The van der Waals surface area contributed by atoms with Crippen LogP contribution in [-0.2, 0) is 20.7 Å². The third kappa shape index (κ3) is 4.20. The number of aryl methyl sites for hydroxylation is 1. The molecule has 2 aliphatic carbocycles. The van der Waals surface area contributed by atoms with Crippen molar-refractivity contribution in [3.8, 4) is 35.2 Å². The smallest absolute Gasteiger partial charge is 0.220 e. The van der Waals surface area contributed by atoms with Crippen molar-refractivity contribution < 1.29 is 28.8 Å². The van der Waals surface area contributed by atoms with Crippen LogP contribution in [0.4, 0.5) is 0 Å². The molecule has 1 amide bonds. The average Bonchev–Trinajstić information content (AvgIpc) is 3.29. The zero-order chi connectivity index (χ0) is 24.8. The van der Waals surface area contributed by atoms with Crippen molar-refractivity contribution in [3.63, 3.8) is 0 Å². The Kier molecular flexibility index (Phi) is 6.07. The van der Waals surface area contributed by atoms with Gasteiger partial charge in [-0.1, -0.05) is 53.5 Å². The quantitative estimate of drug-likeness (QED) is 0.583. The maximum atomic E-state index is 12.4. The second-order valence-electron chi connectivity index (χ2n) is 9.23. The van der Waals surface area contributed by atoms with E-state index in [-0.39, 0.29) is 24.6 Å². The lowest BCUT2D eigenvalue weighted by Gasteiger charge is -2.35. The molecule has 1 spiro atoms. The van der Waals surface area contributed by atoms with E-state index in [1.54, 1.807) is 12.1 Å². The summed E-state index contributed by atoms with van der Waals surface area (Å²) in [5.41, 5.74) is 0.660. The number of carbonyl (C=O) groups is 1. The molecule has 2 N–H and O–H groups in total. The molecule has 35 heavy (non-hydrogen) atoms. The normalized spacial score (nSPS) is 32.1. The van der Waals surface area contributed by atoms with Gasteiger partial charge in [0.15, 0.2) is 29.0 Å². The zero-order valence-corrected chi connectivity index (χ0v) is 20.5. The summed E-state index contributed by atoms with van der Waals surface area (Å²) in [6.45, 7) is 3.89. The Morgan fingerprint density at radius 2 is 2.03 bits per heavy atom. The molecule has 1 saturated heterocycles. The minimum absolute atomic E-state index is 0.151. The molecular weight excluding hydrogens is 470 g/mol. The fraction of sp³-hybridized carbons (Fsp3) is 0.444. The molecule has 4 atom stereocenters. The first-order valence-corrected chi connectivity index (χ1v) is 11.9. The summed E-state index contributed by atoms with van der Waals surface area (Å²) < 4.78 is 24.8. The van der Waals surface area contributed by atoms with E-state index in [0.717, 1.165) is 5.56 Å². The van der Waals surface area contributed by atoms with Crippen LogP contribution in [0.15, 0.2) is 35.4 Å². The average molecular weight is 496 g/mol. The summed E-state index contributed by atoms with van der Waals surface area (Å²) in [4.78, 5) is 12.4. The molecular formula is C27H26ClNO6. The second-order valence-corrected chi connectivity index (χ2v) is 9.61. The standard InChI is InChI=1S/C27H26ClNO6/c1-26(2)34-22-11-8-18-7-4-16-14-15-29-23(31)13-6-17-5-10-20(32-3)25(24(17)28)33-21(12-9-19(16)30)27(18,22)35-26/h5,8,10,14,19,21-22,30H,6,11,13,15H2,1-3H3,(H,29,31)/b16-14-/t19-,21+,22+,27+/m0/s1. The van der Waals surface area contributed by atoms with Gasteiger partial charge in [0.25, 0.3) is 0 Å². The number of nitrogens with one attached hydrogen (secondary N) is 1. The van der Waals surface area contributed by atoms with Crippen molar-refractivity contribution in [1.82, 2.24) is 5.32 Å². The molecule has 2 heterocycles. The molecule has 1 aromatic carbocycles. The first-order valence-electron chi connectivity index (χ1n) is 11.5. The number of aliphatic hydroxyl groups excluding tert-OH is 1. The number of rotatable bonds is 1. The summed E-state index contributed by atoms with van der Waals surface area (Å²) in [6.07, 6.45) is 2.35. The van der Waals surface area contributed by atoms with Crippen LogP contribution in [0.25, 0.3) is 0 Å². The molecule has 0 unspecified atom stereocenters. The van der Waals surface area contributed by atoms with Crippen LogP contribution in [0.3, 0.4) is 0 Å². The molecule has 0 radical (unpaired) electrons. The molecule has 7 nitrogen and oxygen atoms in total. The Balaban J connectivity index is 1.73. The maximum absolute atomic E-state index is 12.4. The highest BCUT2D eigenvalue weighted by atomic mass is 35.5. The molecule has 4 aliphatic rings. The van der Waals surface area contributed by atoms with E-state index in [1.165, 1.54) is 7.11 Å². The lowest BCUT2D eigenvalue weighted by atomic mass is 9.87. The maximum Gasteiger partial charge on any atom is 0.220 e. The molecule has 0 saturated carbocycles. The van der Waals surface area contributed by atoms with Crippen LogP contribution in [0.5, 0.6) is 11.5 Å². The SMILES string of the molecule is COc1ccc2c(Cl)c1O[C@@H]1C#C[C@H](O)/C(=C\CNC(=O)CC2)C#CC2=CC[C@H]3OC(C)(C)O[C@]213. The van der Waals surface area contributed by atoms with Crippen molar-refractivity contribution in [2.24, 2.45) is 0 Å². The summed E-state index contributed by atoms with van der Waals surface area (Å²) in [5.74, 6) is 11.8. The Bertz CT molecular complexity index is 1260. The fourth-order valence-corrected chi connectivity index (χ4v) is 5.17. The number of hydrogen-bond donors (Lipinski definition) is 2. The first kappa shape index (κ1) is 23.8. The van der Waals surface area contributed by atoms with Crippen LogP contribution >= 0.6 is 11.6 Å². The van der Waals surface area contributed by atoms with Crippen molar-refractivity contribution in [1.29, 1.82) is 0 Å². The topological polar surface area (TPSA) is 86.2 Å². The predicted molar refractivity (Wildman–Crippen MR) is 129 cm³/mol. The molecule has 1 aromatic rings. The molecule has 8 heteroatoms. The lowest BCUT2D eigenvalue weighted by Crippen LogP contribution is -2.52. The predicted octanol–water partition coefficient (Wildman–Crippen LogP) is 2.69. The number of carbonyl (C=O) groups excluding carboxylic acids is 1. The number of benzene rings is 1. The Hall–Kier alpha value is -2.94. The van der Waals surface area contributed by atoms with Gasteiger partial charge in [0.2, 0.25) is 5.91 Å². The number of methoxy groups -OCH3 is 1. The van der Waals surface area contributed by atoms with Gasteiger partial charge in [0.05, 0.1) is 12.1 Å². The van der Waals surface area contributed by atoms with Gasteiger partial charge in [-0.3, -0.25) is 4.79 Å². The van der Waals surface area contributed by atoms with E-state index < -0.39 is 29.7 Å². The van der Waals surface area contributed by atoms with Crippen molar-refractivity contribution in [3.05, 3.63) is 46.0 Å². The van der Waals surface area contributed by atoms with Crippen molar-refractivity contribution >= 4 is 17.5 Å². The van der Waals surface area contributed by atoms with Crippen LogP contribution in [0.2, 0.25) is 5.02 Å². The van der Waals surface area contributed by atoms with Crippen molar-refractivity contribution in [2.45, 2.75) is 62.8 Å². The molecule has 182 valence electrons. The fourth-order valence-electron chi connectivity index (χ4n) is 4.87. The number of ether oxygens (including phenoxy) is 4. The van der Waals surface area contributed by atoms with E-state index in [2.05, 4.69) is 29.0 Å². The van der Waals surface area contributed by atoms with Gasteiger partial charge in [-0.25, -0.2) is 0 Å². The Labute approximate surface area is 209 Å².